The Hall–Kier alpha value is -3.13. The monoisotopic (exact) mass is 794 g/mol. The van der Waals surface area contributed by atoms with E-state index in [0.717, 1.165) is 116 Å². The Labute approximate surface area is 328 Å². The fourth-order valence-electron chi connectivity index (χ4n) is 8.71. The van der Waals surface area contributed by atoms with Crippen LogP contribution >= 0.6 is 0 Å². The van der Waals surface area contributed by atoms with Crippen LogP contribution in [0.15, 0.2) is 87.5 Å². The highest BCUT2D eigenvalue weighted by Crippen LogP contribution is 2.64. The number of hydrogen-bond donors (Lipinski definition) is 0. The molecule has 2 bridgehead atoms. The van der Waals surface area contributed by atoms with Gasteiger partial charge in [0.25, 0.3) is 0 Å². The molecule has 5 unspecified atom stereocenters. The zero-order valence-electron chi connectivity index (χ0n) is 32.0. The van der Waals surface area contributed by atoms with E-state index in [0.29, 0.717) is 12.8 Å². The first-order valence-corrected chi connectivity index (χ1v) is 22.7. The van der Waals surface area contributed by atoms with Gasteiger partial charge in [-0.3, -0.25) is 4.79 Å². The highest BCUT2D eigenvalue weighted by Gasteiger charge is 2.64. The predicted octanol–water partition coefficient (Wildman–Crippen LogP) is 8.43. The summed E-state index contributed by atoms with van der Waals surface area (Å²) < 4.78 is 69.0. The van der Waals surface area contributed by atoms with E-state index in [1.54, 1.807) is 0 Å². The van der Waals surface area contributed by atoms with Crippen LogP contribution in [0.4, 0.5) is 0 Å². The Morgan fingerprint density at radius 2 is 1.09 bits per heavy atom. The molecule has 3 heterocycles. The molecule has 2 aliphatic carbocycles. The fraction of sp³-hybridized carbons (Fsp3) is 0.558. The Morgan fingerprint density at radius 1 is 0.673 bits per heavy atom. The zero-order chi connectivity index (χ0) is 38.5. The van der Waals surface area contributed by atoms with Crippen LogP contribution in [0.5, 0.6) is 17.2 Å². The summed E-state index contributed by atoms with van der Waals surface area (Å²) in [6, 6.07) is 25.2. The molecule has 0 spiro atoms. The summed E-state index contributed by atoms with van der Waals surface area (Å²) >= 11 is 0. The molecule has 5 fully saturated rings. The minimum absolute atomic E-state index is 0.0248. The van der Waals surface area contributed by atoms with Crippen LogP contribution in [-0.4, -0.2) is 63.2 Å². The van der Waals surface area contributed by atoms with Crippen molar-refractivity contribution in [1.29, 1.82) is 0 Å². The number of benzene rings is 3. The van der Waals surface area contributed by atoms with Crippen LogP contribution < -0.4 is 14.2 Å². The number of fused-ring (bicyclic) bond motifs is 2. The van der Waals surface area contributed by atoms with Gasteiger partial charge >= 0.3 is 0 Å². The van der Waals surface area contributed by atoms with Crippen molar-refractivity contribution < 1.29 is 46.2 Å². The van der Waals surface area contributed by atoms with Gasteiger partial charge in [-0.05, 0) is 99.1 Å². The van der Waals surface area contributed by atoms with E-state index in [2.05, 4.69) is 54.6 Å². The van der Waals surface area contributed by atoms with E-state index in [1.807, 2.05) is 32.0 Å². The van der Waals surface area contributed by atoms with Gasteiger partial charge in [0, 0.05) is 49.3 Å². The molecular weight excluding hydrogens is 741 g/mol. The second-order valence-corrected chi connectivity index (χ2v) is 19.3. The Kier molecular flexibility index (Phi) is 12.8. The van der Waals surface area contributed by atoms with Crippen molar-refractivity contribution in [3.8, 4) is 17.2 Å². The summed E-state index contributed by atoms with van der Waals surface area (Å²) in [5.41, 5.74) is -1.22. The lowest BCUT2D eigenvalue weighted by molar-refractivity contribution is -0.128. The van der Waals surface area contributed by atoms with Crippen molar-refractivity contribution in [2.45, 2.75) is 124 Å². The van der Waals surface area contributed by atoms with E-state index in [4.69, 9.17) is 28.4 Å². The van der Waals surface area contributed by atoms with Gasteiger partial charge in [-0.2, -0.15) is 0 Å². The van der Waals surface area contributed by atoms with Gasteiger partial charge in [0.05, 0.1) is 46.6 Å². The largest absolute Gasteiger partial charge is 0.748 e. The van der Waals surface area contributed by atoms with Crippen molar-refractivity contribution in [2.75, 3.05) is 25.6 Å². The van der Waals surface area contributed by atoms with E-state index in [1.165, 1.54) is 0 Å². The number of carbonyl (C=O) groups excluding carboxylic acids is 1. The third kappa shape index (κ3) is 9.71. The summed E-state index contributed by atoms with van der Waals surface area (Å²) in [7, 11) is -4.75. The highest BCUT2D eigenvalue weighted by molar-refractivity contribution is 7.97. The second-order valence-electron chi connectivity index (χ2n) is 15.8. The molecule has 5 atom stereocenters. The van der Waals surface area contributed by atoms with Crippen LogP contribution in [-0.2, 0) is 40.0 Å². The Balaban J connectivity index is 0.000000259. The molecular formula is C43H54O10S2. The smallest absolute Gasteiger partial charge is 0.199 e. The number of ketones is 1. The third-order valence-electron chi connectivity index (χ3n) is 11.9. The van der Waals surface area contributed by atoms with Crippen molar-refractivity contribution >= 4 is 26.8 Å². The minimum atomic E-state index is -4.33. The van der Waals surface area contributed by atoms with Gasteiger partial charge in [0.1, 0.15) is 23.0 Å². The molecule has 55 heavy (non-hydrogen) atoms. The standard InChI is InChI=1S/C33H39O6S.C10H16O4S/c1-4-19-34-31(16-1)37-25-10-7-13-28(22-25)40(29-14-8-11-26(23-29)38-32-17-2-5-20-35-32)30-15-9-12-27(24-30)39-33-18-3-6-21-36-33;1-9(2)7-3-4-10(9,8(11)5-7)6-15(12,13)14/h7-15,22-24,31-33H,1-6,16-21H2;7H,3-6H2,1-2H3,(H,12,13,14)/q+1;/p-1. The quantitative estimate of drug-likeness (QED) is 0.138. The maximum Gasteiger partial charge on any atom is 0.199 e. The maximum absolute atomic E-state index is 11.8. The van der Waals surface area contributed by atoms with E-state index in [-0.39, 0.29) is 36.0 Å². The third-order valence-corrected chi connectivity index (χ3v) is 14.9. The molecule has 12 heteroatoms. The summed E-state index contributed by atoms with van der Waals surface area (Å²) in [4.78, 5) is 15.3. The lowest BCUT2D eigenvalue weighted by atomic mass is 9.70. The van der Waals surface area contributed by atoms with Crippen LogP contribution in [0.3, 0.4) is 0 Å². The number of hydrogen-bond acceptors (Lipinski definition) is 10. The summed E-state index contributed by atoms with van der Waals surface area (Å²) in [5.74, 6) is 2.20. The molecule has 3 aromatic carbocycles. The number of ether oxygens (including phenoxy) is 6. The number of rotatable bonds is 11. The van der Waals surface area contributed by atoms with Crippen LogP contribution in [0.25, 0.3) is 0 Å². The fourth-order valence-corrected chi connectivity index (χ4v) is 12.2. The first-order valence-electron chi connectivity index (χ1n) is 19.9. The van der Waals surface area contributed by atoms with Gasteiger partial charge in [-0.1, -0.05) is 32.0 Å². The van der Waals surface area contributed by atoms with E-state index in [9.17, 15) is 17.8 Å². The second kappa shape index (κ2) is 17.6. The molecule has 0 radical (unpaired) electrons. The lowest BCUT2D eigenvalue weighted by Gasteiger charge is -2.37. The lowest BCUT2D eigenvalue weighted by Crippen LogP contribution is -2.42. The molecule has 3 saturated heterocycles. The van der Waals surface area contributed by atoms with Crippen molar-refractivity contribution in [3.05, 3.63) is 72.8 Å². The zero-order valence-corrected chi connectivity index (χ0v) is 33.6. The first kappa shape index (κ1) is 40.1. The molecule has 0 amide bonds. The van der Waals surface area contributed by atoms with E-state index < -0.39 is 32.2 Å². The molecule has 3 aliphatic heterocycles. The molecule has 3 aromatic rings. The minimum Gasteiger partial charge on any atom is -0.748 e. The van der Waals surface area contributed by atoms with Crippen LogP contribution in [0.1, 0.15) is 90.9 Å². The predicted molar refractivity (Wildman–Crippen MR) is 207 cm³/mol. The SMILES string of the molecule is CC1(C)C2CCC1(CS(=O)(=O)[O-])C(=O)C2.c1cc(OC2CCCCO2)cc([S+](c2cccc(OC3CCCCO3)c2)c2cccc(OC3CCCCO3)c2)c1. The van der Waals surface area contributed by atoms with E-state index >= 15 is 0 Å². The molecule has 10 nitrogen and oxygen atoms in total. The molecule has 5 aliphatic rings. The molecule has 298 valence electrons. The number of Topliss-reactive ketones (excluding diaryl/α,β-unsaturated/α-hetero) is 1. The topological polar surface area (TPSA) is 130 Å². The Morgan fingerprint density at radius 3 is 1.40 bits per heavy atom. The van der Waals surface area contributed by atoms with Crippen LogP contribution in [0, 0.1) is 16.7 Å². The van der Waals surface area contributed by atoms with Gasteiger partial charge < -0.3 is 33.0 Å². The summed E-state index contributed by atoms with van der Waals surface area (Å²) in [5, 5.41) is 0. The van der Waals surface area contributed by atoms with Crippen molar-refractivity contribution in [3.63, 3.8) is 0 Å². The summed E-state index contributed by atoms with van der Waals surface area (Å²) in [6.07, 6.45) is 10.7. The van der Waals surface area contributed by atoms with Crippen LogP contribution in [0.2, 0.25) is 0 Å². The van der Waals surface area contributed by atoms with Gasteiger partial charge in [-0.15, -0.1) is 0 Å². The summed E-state index contributed by atoms with van der Waals surface area (Å²) in [6.45, 7) is 6.10. The van der Waals surface area contributed by atoms with Gasteiger partial charge in [0.15, 0.2) is 33.6 Å². The first-order chi connectivity index (χ1) is 26.5. The average Bonchev–Trinajstić information content (AvgIpc) is 3.51. The average molecular weight is 795 g/mol. The normalized spacial score (nSPS) is 28.1. The van der Waals surface area contributed by atoms with Crippen molar-refractivity contribution in [2.24, 2.45) is 16.7 Å². The van der Waals surface area contributed by atoms with Gasteiger partial charge in [-0.25, -0.2) is 8.42 Å². The maximum atomic E-state index is 11.8. The molecule has 0 N–H and O–H groups in total. The van der Waals surface area contributed by atoms with Gasteiger partial charge in [0.2, 0.25) is 0 Å². The van der Waals surface area contributed by atoms with Crippen molar-refractivity contribution in [1.82, 2.24) is 0 Å². The molecule has 2 saturated carbocycles. The highest BCUT2D eigenvalue weighted by atomic mass is 32.2. The molecule has 0 aromatic heterocycles. The molecule has 8 rings (SSSR count). The Bertz CT molecular complexity index is 1710. The number of carbonyl (C=O) groups is 1.